The van der Waals surface area contributed by atoms with Gasteiger partial charge in [0, 0.05) is 31.1 Å². The van der Waals surface area contributed by atoms with Crippen molar-refractivity contribution in [2.24, 2.45) is 0 Å². The zero-order valence-electron chi connectivity index (χ0n) is 18.4. The van der Waals surface area contributed by atoms with Crippen LogP contribution in [0, 0.1) is 0 Å². The Kier molecular flexibility index (Phi) is 7.31. The van der Waals surface area contributed by atoms with E-state index in [4.69, 9.17) is 9.47 Å². The van der Waals surface area contributed by atoms with Crippen LogP contribution in [0.15, 0.2) is 59.9 Å². The maximum Gasteiger partial charge on any atom is 0.305 e. The average molecular weight is 488 g/mol. The third-order valence-corrected chi connectivity index (χ3v) is 7.89. The minimum Gasteiger partial charge on any atom is -0.497 e. The lowest BCUT2D eigenvalue weighted by atomic mass is 10.2. The van der Waals surface area contributed by atoms with Gasteiger partial charge in [0.1, 0.15) is 5.75 Å². The van der Waals surface area contributed by atoms with Gasteiger partial charge < -0.3 is 9.47 Å². The normalized spacial score (nSPS) is 13.9. The summed E-state index contributed by atoms with van der Waals surface area (Å²) in [6.07, 6.45) is 2.57. The van der Waals surface area contributed by atoms with Gasteiger partial charge in [-0.25, -0.2) is 9.29 Å². The average Bonchev–Trinajstić information content (AvgIpc) is 2.80. The SMILES string of the molecule is COc1ccc(CN(c2cc(OC)nc(SCc3ccccn3)n2)S(=O)(=O)N2CCC2)cc1. The molecule has 4 rings (SSSR count). The fourth-order valence-electron chi connectivity index (χ4n) is 3.15. The number of ether oxygens (including phenoxy) is 2. The van der Waals surface area contributed by atoms with E-state index in [1.165, 1.54) is 27.5 Å². The van der Waals surface area contributed by atoms with E-state index in [1.54, 1.807) is 31.5 Å². The number of pyridine rings is 1. The maximum absolute atomic E-state index is 13.4. The molecule has 0 bridgehead atoms. The molecule has 0 unspecified atom stereocenters. The number of benzene rings is 1. The lowest BCUT2D eigenvalue weighted by Crippen LogP contribution is -2.50. The lowest BCUT2D eigenvalue weighted by Gasteiger charge is -2.35. The summed E-state index contributed by atoms with van der Waals surface area (Å²) in [6.45, 7) is 1.10. The lowest BCUT2D eigenvalue weighted by molar-refractivity contribution is 0.307. The minimum absolute atomic E-state index is 0.118. The van der Waals surface area contributed by atoms with E-state index in [0.29, 0.717) is 35.6 Å². The summed E-state index contributed by atoms with van der Waals surface area (Å²) in [7, 11) is -0.685. The van der Waals surface area contributed by atoms with Gasteiger partial charge in [-0.2, -0.15) is 17.7 Å². The molecule has 0 spiro atoms. The summed E-state index contributed by atoms with van der Waals surface area (Å²) >= 11 is 1.37. The first kappa shape index (κ1) is 23.3. The van der Waals surface area contributed by atoms with Crippen molar-refractivity contribution in [2.45, 2.75) is 23.9 Å². The van der Waals surface area contributed by atoms with Crippen LogP contribution in [0.4, 0.5) is 5.82 Å². The van der Waals surface area contributed by atoms with Crippen molar-refractivity contribution >= 4 is 27.8 Å². The Bertz CT molecular complexity index is 1170. The van der Waals surface area contributed by atoms with Crippen LogP contribution in [0.2, 0.25) is 0 Å². The number of methoxy groups -OCH3 is 2. The first-order valence-electron chi connectivity index (χ1n) is 10.4. The molecule has 11 heteroatoms. The Morgan fingerprint density at radius 1 is 1.06 bits per heavy atom. The molecule has 0 radical (unpaired) electrons. The van der Waals surface area contributed by atoms with Gasteiger partial charge in [-0.15, -0.1) is 0 Å². The van der Waals surface area contributed by atoms with Crippen molar-refractivity contribution in [2.75, 3.05) is 31.6 Å². The number of rotatable bonds is 10. The Morgan fingerprint density at radius 2 is 1.85 bits per heavy atom. The van der Waals surface area contributed by atoms with Gasteiger partial charge in [0.25, 0.3) is 0 Å². The van der Waals surface area contributed by atoms with Gasteiger partial charge in [0.2, 0.25) is 5.88 Å². The highest BCUT2D eigenvalue weighted by molar-refractivity contribution is 7.98. The van der Waals surface area contributed by atoms with E-state index in [-0.39, 0.29) is 12.4 Å². The minimum atomic E-state index is -3.77. The van der Waals surface area contributed by atoms with Crippen molar-refractivity contribution in [1.82, 2.24) is 19.3 Å². The van der Waals surface area contributed by atoms with Crippen LogP contribution in [0.25, 0.3) is 0 Å². The maximum atomic E-state index is 13.4. The summed E-state index contributed by atoms with van der Waals surface area (Å²) in [4.78, 5) is 13.3. The second kappa shape index (κ2) is 10.4. The molecule has 1 aliphatic rings. The highest BCUT2D eigenvalue weighted by Crippen LogP contribution is 2.30. The predicted molar refractivity (Wildman–Crippen MR) is 127 cm³/mol. The molecule has 3 heterocycles. The van der Waals surface area contributed by atoms with Crippen LogP contribution >= 0.6 is 11.8 Å². The number of anilines is 1. The molecule has 9 nitrogen and oxygen atoms in total. The highest BCUT2D eigenvalue weighted by atomic mass is 32.2. The fourth-order valence-corrected chi connectivity index (χ4v) is 5.55. The quantitative estimate of drug-likeness (QED) is 0.318. The zero-order valence-corrected chi connectivity index (χ0v) is 20.1. The molecule has 0 atom stereocenters. The molecule has 1 aromatic carbocycles. The molecule has 174 valence electrons. The van der Waals surface area contributed by atoms with E-state index in [1.807, 2.05) is 30.3 Å². The molecule has 0 N–H and O–H groups in total. The van der Waals surface area contributed by atoms with Crippen molar-refractivity contribution < 1.29 is 17.9 Å². The molecule has 0 amide bonds. The predicted octanol–water partition coefficient (Wildman–Crippen LogP) is 3.14. The van der Waals surface area contributed by atoms with Crippen LogP contribution in [-0.2, 0) is 22.5 Å². The third-order valence-electron chi connectivity index (χ3n) is 5.11. The third kappa shape index (κ3) is 5.55. The summed E-state index contributed by atoms with van der Waals surface area (Å²) in [6, 6.07) is 14.5. The summed E-state index contributed by atoms with van der Waals surface area (Å²) in [5, 5.41) is 0.411. The van der Waals surface area contributed by atoms with E-state index in [0.717, 1.165) is 17.7 Å². The largest absolute Gasteiger partial charge is 0.497 e. The molecule has 2 aromatic heterocycles. The topological polar surface area (TPSA) is 97.7 Å². The second-order valence-corrected chi connectivity index (χ2v) is 10.1. The van der Waals surface area contributed by atoms with E-state index in [2.05, 4.69) is 15.0 Å². The molecular weight excluding hydrogens is 462 g/mol. The van der Waals surface area contributed by atoms with Gasteiger partial charge in [0.15, 0.2) is 11.0 Å². The molecule has 1 fully saturated rings. The summed E-state index contributed by atoms with van der Waals surface area (Å²) in [5.74, 6) is 1.80. The Labute approximate surface area is 198 Å². The first-order chi connectivity index (χ1) is 16.0. The van der Waals surface area contributed by atoms with E-state index >= 15 is 0 Å². The molecular formula is C22H25N5O4S2. The van der Waals surface area contributed by atoms with Gasteiger partial charge in [-0.05, 0) is 36.2 Å². The first-order valence-corrected chi connectivity index (χ1v) is 12.7. The highest BCUT2D eigenvalue weighted by Gasteiger charge is 2.35. The second-order valence-electron chi connectivity index (χ2n) is 7.28. The Morgan fingerprint density at radius 3 is 2.45 bits per heavy atom. The number of hydrogen-bond donors (Lipinski definition) is 0. The van der Waals surface area contributed by atoms with E-state index in [9.17, 15) is 8.42 Å². The van der Waals surface area contributed by atoms with Crippen molar-refractivity contribution in [3.8, 4) is 11.6 Å². The number of nitrogens with zero attached hydrogens (tertiary/aromatic N) is 5. The molecule has 1 saturated heterocycles. The van der Waals surface area contributed by atoms with Crippen LogP contribution in [0.3, 0.4) is 0 Å². The monoisotopic (exact) mass is 487 g/mol. The van der Waals surface area contributed by atoms with Crippen LogP contribution in [0.1, 0.15) is 17.7 Å². The van der Waals surface area contributed by atoms with Crippen molar-refractivity contribution in [3.05, 3.63) is 66.0 Å². The van der Waals surface area contributed by atoms with Crippen LogP contribution in [0.5, 0.6) is 11.6 Å². The fraction of sp³-hybridized carbons (Fsp3) is 0.318. The molecule has 33 heavy (non-hydrogen) atoms. The number of hydrogen-bond acceptors (Lipinski definition) is 8. The van der Waals surface area contributed by atoms with Gasteiger partial charge >= 0.3 is 10.2 Å². The van der Waals surface area contributed by atoms with Crippen LogP contribution < -0.4 is 13.8 Å². The smallest absolute Gasteiger partial charge is 0.305 e. The summed E-state index contributed by atoms with van der Waals surface area (Å²) in [5.41, 5.74) is 1.68. The van der Waals surface area contributed by atoms with Crippen molar-refractivity contribution in [3.63, 3.8) is 0 Å². The van der Waals surface area contributed by atoms with Crippen LogP contribution in [-0.4, -0.2) is 55.0 Å². The standard InChI is InChI=1S/C22H25N5O4S2/c1-30-19-9-7-17(8-10-19)15-27(33(28,29)26-12-5-13-26)20-14-21(31-2)25-22(24-20)32-16-18-6-3-4-11-23-18/h3-4,6-11,14H,5,12-13,15-16H2,1-2H3. The van der Waals surface area contributed by atoms with Crippen molar-refractivity contribution in [1.29, 1.82) is 0 Å². The number of thioether (sulfide) groups is 1. The molecule has 0 aliphatic carbocycles. The van der Waals surface area contributed by atoms with E-state index < -0.39 is 10.2 Å². The summed E-state index contributed by atoms with van der Waals surface area (Å²) < 4.78 is 40.2. The molecule has 3 aromatic rings. The van der Waals surface area contributed by atoms with Gasteiger partial charge in [-0.3, -0.25) is 4.98 Å². The zero-order chi connectivity index (χ0) is 23.3. The van der Waals surface area contributed by atoms with Gasteiger partial charge in [-0.1, -0.05) is 30.0 Å². The molecule has 0 saturated carbocycles. The molecule has 1 aliphatic heterocycles. The Balaban J connectivity index is 1.67. The van der Waals surface area contributed by atoms with Gasteiger partial charge in [0.05, 0.1) is 26.5 Å². The number of aromatic nitrogens is 3. The Hall–Kier alpha value is -2.89.